The molecule has 0 aliphatic heterocycles. The van der Waals surface area contributed by atoms with Gasteiger partial charge in [-0.1, -0.05) is 33.8 Å². The summed E-state index contributed by atoms with van der Waals surface area (Å²) in [5.74, 6) is 2.30. The summed E-state index contributed by atoms with van der Waals surface area (Å²) in [5, 5.41) is 3.01. The molecule has 1 amide bonds. The van der Waals surface area contributed by atoms with E-state index in [4.69, 9.17) is 9.47 Å². The number of carbonyl (C=O) groups is 1. The number of ether oxygens (including phenoxy) is 2. The quantitative estimate of drug-likeness (QED) is 0.391. The van der Waals surface area contributed by atoms with Crippen molar-refractivity contribution in [2.24, 2.45) is 5.92 Å². The molecule has 1 N–H and O–H groups in total. The molecule has 0 saturated carbocycles. The summed E-state index contributed by atoms with van der Waals surface area (Å²) in [5.41, 5.74) is 0.771. The van der Waals surface area contributed by atoms with E-state index in [0.29, 0.717) is 12.3 Å². The molecule has 1 aromatic carbocycles. The molecule has 29 heavy (non-hydrogen) atoms. The van der Waals surface area contributed by atoms with Gasteiger partial charge in [-0.3, -0.25) is 4.79 Å². The number of unbranched alkanes of at least 4 members (excludes halogenated alkanes) is 1. The van der Waals surface area contributed by atoms with Gasteiger partial charge in [0, 0.05) is 19.0 Å². The molecule has 0 radical (unpaired) electrons. The third kappa shape index (κ3) is 10.0. The number of aryl methyl sites for hydroxylation is 1. The van der Waals surface area contributed by atoms with Crippen LogP contribution >= 0.6 is 0 Å². The zero-order chi connectivity index (χ0) is 22.1. The molecule has 4 nitrogen and oxygen atoms in total. The van der Waals surface area contributed by atoms with Gasteiger partial charge in [-0.15, -0.1) is 0 Å². The van der Waals surface area contributed by atoms with E-state index in [1.54, 1.807) is 0 Å². The maximum absolute atomic E-state index is 11.8. The van der Waals surface area contributed by atoms with Crippen LogP contribution in [0.4, 0.5) is 0 Å². The van der Waals surface area contributed by atoms with E-state index in [0.717, 1.165) is 50.1 Å². The van der Waals surface area contributed by atoms with Crippen molar-refractivity contribution in [3.63, 3.8) is 0 Å². The van der Waals surface area contributed by atoms with E-state index in [1.807, 2.05) is 12.1 Å². The molecule has 1 rings (SSSR count). The molecular weight excluding hydrogens is 362 g/mol. The highest BCUT2D eigenvalue weighted by Gasteiger charge is 2.21. The fourth-order valence-corrected chi connectivity index (χ4v) is 2.77. The Morgan fingerprint density at radius 2 is 1.62 bits per heavy atom. The van der Waals surface area contributed by atoms with Crippen molar-refractivity contribution in [1.29, 1.82) is 0 Å². The van der Waals surface area contributed by atoms with Crippen LogP contribution in [0.2, 0.25) is 0 Å². The van der Waals surface area contributed by atoms with Gasteiger partial charge in [0.2, 0.25) is 5.91 Å². The highest BCUT2D eigenvalue weighted by atomic mass is 16.5. The van der Waals surface area contributed by atoms with Crippen LogP contribution in [0.15, 0.2) is 18.2 Å². The van der Waals surface area contributed by atoms with Crippen LogP contribution in [0.1, 0.15) is 93.1 Å². The lowest BCUT2D eigenvalue weighted by Crippen LogP contribution is -2.28. The Balaban J connectivity index is 2.75. The van der Waals surface area contributed by atoms with Crippen LogP contribution in [0.25, 0.3) is 0 Å². The average Bonchev–Trinajstić information content (AvgIpc) is 2.62. The van der Waals surface area contributed by atoms with Crippen molar-refractivity contribution in [3.05, 3.63) is 23.8 Å². The summed E-state index contributed by atoms with van der Waals surface area (Å²) in [6, 6.07) is 6.21. The minimum atomic E-state index is -0.224. The molecule has 0 aliphatic rings. The van der Waals surface area contributed by atoms with Crippen molar-refractivity contribution < 1.29 is 14.3 Å². The second-order valence-corrected chi connectivity index (χ2v) is 9.61. The number of benzene rings is 1. The molecule has 0 spiro atoms. The Hall–Kier alpha value is -1.71. The van der Waals surface area contributed by atoms with E-state index in [2.05, 4.69) is 66.8 Å². The smallest absolute Gasteiger partial charge is 0.220 e. The standard InChI is InChI=1S/C25H43NO3/c1-9-24(5,6)28-21-15-14-20(22(18-21)29-25(7,8)10-2)13-11-12-16-26-23(27)17-19(3)4/h14-15,18-19H,9-13,16-17H2,1-8H3,(H,26,27). The van der Waals surface area contributed by atoms with Gasteiger partial charge in [-0.05, 0) is 77.3 Å². The molecule has 166 valence electrons. The van der Waals surface area contributed by atoms with Crippen LogP contribution in [0.5, 0.6) is 11.5 Å². The lowest BCUT2D eigenvalue weighted by Gasteiger charge is -2.29. The van der Waals surface area contributed by atoms with E-state index in [9.17, 15) is 4.79 Å². The number of hydrogen-bond acceptors (Lipinski definition) is 3. The van der Waals surface area contributed by atoms with Crippen molar-refractivity contribution in [1.82, 2.24) is 5.32 Å². The third-order valence-corrected chi connectivity index (χ3v) is 5.31. The minimum absolute atomic E-state index is 0.147. The molecule has 0 aromatic heterocycles. The van der Waals surface area contributed by atoms with Gasteiger partial charge < -0.3 is 14.8 Å². The summed E-state index contributed by atoms with van der Waals surface area (Å²) in [4.78, 5) is 11.8. The van der Waals surface area contributed by atoms with Crippen molar-refractivity contribution in [3.8, 4) is 11.5 Å². The number of amides is 1. The van der Waals surface area contributed by atoms with Crippen LogP contribution in [-0.4, -0.2) is 23.7 Å². The Morgan fingerprint density at radius 3 is 2.21 bits per heavy atom. The molecule has 0 saturated heterocycles. The minimum Gasteiger partial charge on any atom is -0.488 e. The van der Waals surface area contributed by atoms with Crippen molar-refractivity contribution >= 4 is 5.91 Å². The summed E-state index contributed by atoms with van der Waals surface area (Å²) in [6.45, 7) is 17.6. The maximum Gasteiger partial charge on any atom is 0.220 e. The molecule has 0 heterocycles. The predicted octanol–water partition coefficient (Wildman–Crippen LogP) is 6.31. The Labute approximate surface area is 178 Å². The first-order chi connectivity index (χ1) is 13.5. The van der Waals surface area contributed by atoms with Gasteiger partial charge in [0.25, 0.3) is 0 Å². The zero-order valence-corrected chi connectivity index (χ0v) is 20.0. The maximum atomic E-state index is 11.8. The lowest BCUT2D eigenvalue weighted by molar-refractivity contribution is -0.121. The van der Waals surface area contributed by atoms with Crippen molar-refractivity contribution in [2.45, 2.75) is 105 Å². The topological polar surface area (TPSA) is 47.6 Å². The average molecular weight is 406 g/mol. The van der Waals surface area contributed by atoms with Gasteiger partial charge in [-0.2, -0.15) is 0 Å². The number of rotatable bonds is 13. The monoisotopic (exact) mass is 405 g/mol. The van der Waals surface area contributed by atoms with E-state index >= 15 is 0 Å². The summed E-state index contributed by atoms with van der Waals surface area (Å²) < 4.78 is 12.5. The predicted molar refractivity (Wildman–Crippen MR) is 122 cm³/mol. The molecule has 4 heteroatoms. The first kappa shape index (κ1) is 25.3. The fourth-order valence-electron chi connectivity index (χ4n) is 2.77. The third-order valence-electron chi connectivity index (χ3n) is 5.31. The van der Waals surface area contributed by atoms with Crippen LogP contribution < -0.4 is 14.8 Å². The number of hydrogen-bond donors (Lipinski definition) is 1. The lowest BCUT2D eigenvalue weighted by atomic mass is 10.0. The Bertz CT molecular complexity index is 635. The summed E-state index contributed by atoms with van der Waals surface area (Å²) >= 11 is 0. The van der Waals surface area contributed by atoms with Gasteiger partial charge in [-0.25, -0.2) is 0 Å². The number of nitrogens with one attached hydrogen (secondary N) is 1. The number of carbonyl (C=O) groups excluding carboxylic acids is 1. The van der Waals surface area contributed by atoms with E-state index < -0.39 is 0 Å². The second kappa shape index (κ2) is 11.5. The van der Waals surface area contributed by atoms with Gasteiger partial charge >= 0.3 is 0 Å². The highest BCUT2D eigenvalue weighted by molar-refractivity contribution is 5.75. The molecule has 0 unspecified atom stereocenters. The summed E-state index contributed by atoms with van der Waals surface area (Å²) in [6.07, 6.45) is 5.35. The first-order valence-corrected chi connectivity index (χ1v) is 11.3. The van der Waals surface area contributed by atoms with E-state index in [1.165, 1.54) is 5.56 Å². The molecule has 0 bridgehead atoms. The normalized spacial score (nSPS) is 12.2. The summed E-state index contributed by atoms with van der Waals surface area (Å²) in [7, 11) is 0. The van der Waals surface area contributed by atoms with Gasteiger partial charge in [0.1, 0.15) is 22.7 Å². The van der Waals surface area contributed by atoms with Crippen LogP contribution in [0, 0.1) is 5.92 Å². The van der Waals surface area contributed by atoms with Crippen LogP contribution in [-0.2, 0) is 11.2 Å². The molecule has 0 aliphatic carbocycles. The Kier molecular flexibility index (Phi) is 10.0. The van der Waals surface area contributed by atoms with Crippen molar-refractivity contribution in [2.75, 3.05) is 6.54 Å². The van der Waals surface area contributed by atoms with Gasteiger partial charge in [0.05, 0.1) is 0 Å². The fraction of sp³-hybridized carbons (Fsp3) is 0.720. The first-order valence-electron chi connectivity index (χ1n) is 11.3. The SMILES string of the molecule is CCC(C)(C)Oc1ccc(CCCCNC(=O)CC(C)C)c(OC(C)(C)CC)c1. The molecule has 0 atom stereocenters. The molecular formula is C25H43NO3. The largest absolute Gasteiger partial charge is 0.488 e. The second-order valence-electron chi connectivity index (χ2n) is 9.61. The molecule has 1 aromatic rings. The zero-order valence-electron chi connectivity index (χ0n) is 20.0. The van der Waals surface area contributed by atoms with Gasteiger partial charge in [0.15, 0.2) is 0 Å². The molecule has 0 fully saturated rings. The highest BCUT2D eigenvalue weighted by Crippen LogP contribution is 2.32. The van der Waals surface area contributed by atoms with Crippen LogP contribution in [0.3, 0.4) is 0 Å². The van der Waals surface area contributed by atoms with E-state index in [-0.39, 0.29) is 17.1 Å². The Morgan fingerprint density at radius 1 is 1.00 bits per heavy atom.